The molecular weight excluding hydrogens is 338 g/mol. The minimum Gasteiger partial charge on any atom is -0.491 e. The van der Waals surface area contributed by atoms with E-state index in [9.17, 15) is 26.3 Å². The molecule has 2 aromatic rings. The first-order valence-electron chi connectivity index (χ1n) is 6.75. The van der Waals surface area contributed by atoms with Crippen LogP contribution in [0.25, 0.3) is 11.1 Å². The number of hydrogen-bond acceptors (Lipinski definition) is 2. The van der Waals surface area contributed by atoms with Crippen LogP contribution in [0, 0.1) is 0 Å². The van der Waals surface area contributed by atoms with Crippen molar-refractivity contribution in [3.05, 3.63) is 53.6 Å². The second-order valence-corrected chi connectivity index (χ2v) is 4.86. The van der Waals surface area contributed by atoms with Gasteiger partial charge in [0.05, 0.1) is 17.7 Å². The van der Waals surface area contributed by atoms with Crippen LogP contribution in [0.3, 0.4) is 0 Å². The fourth-order valence-corrected chi connectivity index (χ4v) is 2.15. The van der Waals surface area contributed by atoms with Gasteiger partial charge in [0, 0.05) is 0 Å². The first-order chi connectivity index (χ1) is 11.1. The largest absolute Gasteiger partial charge is 0.491 e. The first-order valence-corrected chi connectivity index (χ1v) is 6.75. The number of hydrogen-bond donors (Lipinski definition) is 1. The Bertz CT molecular complexity index is 706. The van der Waals surface area contributed by atoms with E-state index in [2.05, 4.69) is 0 Å². The van der Waals surface area contributed by atoms with Crippen molar-refractivity contribution in [3.63, 3.8) is 0 Å². The minimum atomic E-state index is -4.75. The molecule has 0 heterocycles. The third-order valence-corrected chi connectivity index (χ3v) is 3.14. The SMILES string of the molecule is OCCOc1cc(-c2ccccc2C(F)(F)F)cc(C(F)(F)F)c1. The highest BCUT2D eigenvalue weighted by molar-refractivity contribution is 5.70. The minimum absolute atomic E-state index is 0.272. The second kappa shape index (κ2) is 6.72. The van der Waals surface area contributed by atoms with Gasteiger partial charge in [-0.3, -0.25) is 0 Å². The molecule has 0 saturated carbocycles. The Hall–Kier alpha value is -2.22. The van der Waals surface area contributed by atoms with Crippen molar-refractivity contribution >= 4 is 0 Å². The van der Waals surface area contributed by atoms with Crippen molar-refractivity contribution in [2.24, 2.45) is 0 Å². The molecule has 0 amide bonds. The van der Waals surface area contributed by atoms with Crippen molar-refractivity contribution in [2.75, 3.05) is 13.2 Å². The predicted octanol–water partition coefficient (Wildman–Crippen LogP) is 4.76. The molecule has 0 aliphatic carbocycles. The highest BCUT2D eigenvalue weighted by Gasteiger charge is 2.35. The van der Waals surface area contributed by atoms with Gasteiger partial charge in [-0.15, -0.1) is 0 Å². The lowest BCUT2D eigenvalue weighted by atomic mass is 9.97. The summed E-state index contributed by atoms with van der Waals surface area (Å²) in [5.41, 5.74) is -2.84. The molecule has 24 heavy (non-hydrogen) atoms. The van der Waals surface area contributed by atoms with E-state index in [1.165, 1.54) is 6.07 Å². The molecule has 0 bridgehead atoms. The average molecular weight is 350 g/mol. The van der Waals surface area contributed by atoms with Crippen LogP contribution in [0.15, 0.2) is 42.5 Å². The summed E-state index contributed by atoms with van der Waals surface area (Å²) in [5.74, 6) is -0.272. The molecule has 0 atom stereocenters. The molecule has 2 rings (SSSR count). The van der Waals surface area contributed by atoms with Crippen molar-refractivity contribution in [3.8, 4) is 16.9 Å². The molecule has 0 saturated heterocycles. The molecule has 0 fully saturated rings. The topological polar surface area (TPSA) is 29.5 Å². The van der Waals surface area contributed by atoms with E-state index in [0.717, 1.165) is 24.3 Å². The normalized spacial score (nSPS) is 12.3. The standard InChI is InChI=1S/C16H12F6O2/c17-15(18,19)11-7-10(8-12(9-11)24-6-5-23)13-3-1-2-4-14(13)16(20,21)22/h1-4,7-9,23H,5-6H2. The summed E-state index contributed by atoms with van der Waals surface area (Å²) in [7, 11) is 0. The molecule has 0 radical (unpaired) electrons. The van der Waals surface area contributed by atoms with E-state index in [1.54, 1.807) is 0 Å². The molecule has 130 valence electrons. The third-order valence-electron chi connectivity index (χ3n) is 3.14. The van der Waals surface area contributed by atoms with Crippen LogP contribution in [0.1, 0.15) is 11.1 Å². The van der Waals surface area contributed by atoms with Crippen LogP contribution in [0.2, 0.25) is 0 Å². The Labute approximate surface area is 133 Å². The summed E-state index contributed by atoms with van der Waals surface area (Å²) in [6, 6.07) is 6.74. The van der Waals surface area contributed by atoms with Gasteiger partial charge in [0.25, 0.3) is 0 Å². The Balaban J connectivity index is 2.62. The molecule has 0 unspecified atom stereocenters. The van der Waals surface area contributed by atoms with Crippen molar-refractivity contribution in [1.82, 2.24) is 0 Å². The van der Waals surface area contributed by atoms with Gasteiger partial charge in [0.15, 0.2) is 0 Å². The number of alkyl halides is 6. The lowest BCUT2D eigenvalue weighted by Gasteiger charge is -2.16. The number of benzene rings is 2. The Morgan fingerprint density at radius 3 is 2.12 bits per heavy atom. The maximum absolute atomic E-state index is 13.1. The van der Waals surface area contributed by atoms with Crippen molar-refractivity contribution in [2.45, 2.75) is 12.4 Å². The monoisotopic (exact) mass is 350 g/mol. The van der Waals surface area contributed by atoms with Crippen LogP contribution in [0.4, 0.5) is 26.3 Å². The molecular formula is C16H12F6O2. The lowest BCUT2D eigenvalue weighted by Crippen LogP contribution is -2.09. The zero-order chi connectivity index (χ0) is 18.0. The molecule has 2 nitrogen and oxygen atoms in total. The maximum atomic E-state index is 13.1. The van der Waals surface area contributed by atoms with Crippen LogP contribution in [-0.4, -0.2) is 18.3 Å². The molecule has 0 spiro atoms. The van der Waals surface area contributed by atoms with Crippen molar-refractivity contribution < 1.29 is 36.2 Å². The molecule has 0 aliphatic heterocycles. The molecule has 8 heteroatoms. The Kier molecular flexibility index (Phi) is 5.08. The number of aliphatic hydroxyl groups excluding tert-OH is 1. The van der Waals surface area contributed by atoms with Crippen LogP contribution in [0.5, 0.6) is 5.75 Å². The summed E-state index contributed by atoms with van der Waals surface area (Å²) in [6.07, 6.45) is -9.46. The van der Waals surface area contributed by atoms with Gasteiger partial charge in [0.2, 0.25) is 0 Å². The summed E-state index contributed by atoms with van der Waals surface area (Å²) in [6.45, 7) is -0.716. The number of ether oxygens (including phenoxy) is 1. The molecule has 2 aromatic carbocycles. The third kappa shape index (κ3) is 4.19. The summed E-state index contributed by atoms with van der Waals surface area (Å²) in [5, 5.41) is 8.70. The van der Waals surface area contributed by atoms with Gasteiger partial charge in [-0.1, -0.05) is 18.2 Å². The summed E-state index contributed by atoms with van der Waals surface area (Å²) < 4.78 is 83.2. The van der Waals surface area contributed by atoms with Crippen LogP contribution < -0.4 is 4.74 Å². The van der Waals surface area contributed by atoms with Crippen molar-refractivity contribution in [1.29, 1.82) is 0 Å². The smallest absolute Gasteiger partial charge is 0.417 e. The number of aliphatic hydroxyl groups is 1. The fourth-order valence-electron chi connectivity index (χ4n) is 2.15. The van der Waals surface area contributed by atoms with E-state index in [1.807, 2.05) is 0 Å². The number of halogens is 6. The fraction of sp³-hybridized carbons (Fsp3) is 0.250. The average Bonchev–Trinajstić information content (AvgIpc) is 2.51. The second-order valence-electron chi connectivity index (χ2n) is 4.86. The van der Waals surface area contributed by atoms with Gasteiger partial charge in [-0.05, 0) is 35.4 Å². The van der Waals surface area contributed by atoms with Gasteiger partial charge in [-0.25, -0.2) is 0 Å². The van der Waals surface area contributed by atoms with E-state index in [-0.39, 0.29) is 23.5 Å². The van der Waals surface area contributed by atoms with Crippen LogP contribution >= 0.6 is 0 Å². The van der Waals surface area contributed by atoms with E-state index >= 15 is 0 Å². The zero-order valence-electron chi connectivity index (χ0n) is 12.1. The maximum Gasteiger partial charge on any atom is 0.417 e. The highest BCUT2D eigenvalue weighted by Crippen LogP contribution is 2.40. The lowest BCUT2D eigenvalue weighted by molar-refractivity contribution is -0.137. The molecule has 1 N–H and O–H groups in total. The predicted molar refractivity (Wildman–Crippen MR) is 74.5 cm³/mol. The van der Waals surface area contributed by atoms with E-state index in [0.29, 0.717) is 12.1 Å². The summed E-state index contributed by atoms with van der Waals surface area (Å²) >= 11 is 0. The molecule has 0 aromatic heterocycles. The Morgan fingerprint density at radius 1 is 0.875 bits per heavy atom. The van der Waals surface area contributed by atoms with Gasteiger partial charge in [0.1, 0.15) is 12.4 Å². The number of rotatable bonds is 4. The van der Waals surface area contributed by atoms with Gasteiger partial charge in [-0.2, -0.15) is 26.3 Å². The summed E-state index contributed by atoms with van der Waals surface area (Å²) in [4.78, 5) is 0. The van der Waals surface area contributed by atoms with E-state index in [4.69, 9.17) is 9.84 Å². The molecule has 0 aliphatic rings. The Morgan fingerprint density at radius 2 is 1.54 bits per heavy atom. The first kappa shape index (κ1) is 18.1. The van der Waals surface area contributed by atoms with Gasteiger partial charge < -0.3 is 9.84 Å². The van der Waals surface area contributed by atoms with Crippen LogP contribution in [-0.2, 0) is 12.4 Å². The van der Waals surface area contributed by atoms with E-state index < -0.39 is 30.1 Å². The zero-order valence-corrected chi connectivity index (χ0v) is 12.1. The van der Waals surface area contributed by atoms with Gasteiger partial charge >= 0.3 is 12.4 Å². The highest BCUT2D eigenvalue weighted by atomic mass is 19.4. The quantitative estimate of drug-likeness (QED) is 0.806.